The van der Waals surface area contributed by atoms with Gasteiger partial charge in [-0.15, -0.1) is 0 Å². The van der Waals surface area contributed by atoms with Gasteiger partial charge in [0.05, 0.1) is 0 Å². The van der Waals surface area contributed by atoms with Gasteiger partial charge in [0.25, 0.3) is 0 Å². The standard InChI is InChI=1S/C26H36O2P2/c1-9-21-27-19-15-11-13-17(23(19)29(21)25(3,4)5)18-14-12-16-20-24(18)30(26(6,7)8)22(10-2)28-20/h11-16,21-22H,9-10H2,1-8H3/t21-,22-,29?,30?/m1/s1. The minimum absolute atomic E-state index is 0.201. The lowest BCUT2D eigenvalue weighted by atomic mass is 10.0. The highest BCUT2D eigenvalue weighted by Crippen LogP contribution is 2.63. The minimum Gasteiger partial charge on any atom is -0.485 e. The first-order valence-electron chi connectivity index (χ1n) is 11.3. The SMILES string of the molecule is CC[C@@H]1Oc2cccc(-c3cccc4c3P(C(C)(C)C)[C@H](CC)O4)c2P1C(C)(C)C. The van der Waals surface area contributed by atoms with Gasteiger partial charge in [0.1, 0.15) is 23.2 Å². The molecule has 30 heavy (non-hydrogen) atoms. The molecule has 4 rings (SSSR count). The maximum atomic E-state index is 6.52. The Kier molecular flexibility index (Phi) is 5.74. The van der Waals surface area contributed by atoms with Crippen LogP contribution >= 0.6 is 15.8 Å². The molecule has 0 amide bonds. The first kappa shape index (κ1) is 22.1. The van der Waals surface area contributed by atoms with Crippen LogP contribution in [0.15, 0.2) is 36.4 Å². The molecule has 162 valence electrons. The summed E-state index contributed by atoms with van der Waals surface area (Å²) in [6.07, 6.45) is 2.11. The van der Waals surface area contributed by atoms with Crippen LogP contribution in [-0.4, -0.2) is 22.0 Å². The molecule has 0 spiro atoms. The van der Waals surface area contributed by atoms with Gasteiger partial charge in [-0.3, -0.25) is 0 Å². The molecule has 2 unspecified atom stereocenters. The van der Waals surface area contributed by atoms with Crippen molar-refractivity contribution in [1.29, 1.82) is 0 Å². The van der Waals surface area contributed by atoms with Crippen molar-refractivity contribution in [2.45, 2.75) is 90.2 Å². The molecule has 2 aromatic carbocycles. The molecule has 2 heterocycles. The summed E-state index contributed by atoms with van der Waals surface area (Å²) >= 11 is 0. The van der Waals surface area contributed by atoms with Gasteiger partial charge in [0, 0.05) is 10.6 Å². The zero-order valence-corrected chi connectivity index (χ0v) is 21.5. The third kappa shape index (κ3) is 3.59. The van der Waals surface area contributed by atoms with Crippen LogP contribution in [0.1, 0.15) is 68.2 Å². The van der Waals surface area contributed by atoms with Gasteiger partial charge in [0.2, 0.25) is 0 Å². The first-order valence-corrected chi connectivity index (χ1v) is 14.1. The van der Waals surface area contributed by atoms with E-state index in [1.165, 1.54) is 21.7 Å². The van der Waals surface area contributed by atoms with Gasteiger partial charge in [0.15, 0.2) is 0 Å². The molecule has 0 saturated carbocycles. The Bertz CT molecular complexity index is 862. The zero-order chi connectivity index (χ0) is 21.8. The van der Waals surface area contributed by atoms with Gasteiger partial charge in [-0.25, -0.2) is 0 Å². The Labute approximate surface area is 185 Å². The first-order chi connectivity index (χ1) is 14.1. The summed E-state index contributed by atoms with van der Waals surface area (Å²) in [5.41, 5.74) is 2.75. The van der Waals surface area contributed by atoms with Crippen molar-refractivity contribution in [2.24, 2.45) is 0 Å². The maximum Gasteiger partial charge on any atom is 0.128 e. The number of hydrogen-bond donors (Lipinski definition) is 0. The molecular weight excluding hydrogens is 406 g/mol. The lowest BCUT2D eigenvalue weighted by Gasteiger charge is -2.34. The van der Waals surface area contributed by atoms with E-state index in [1.807, 2.05) is 0 Å². The highest BCUT2D eigenvalue weighted by Gasteiger charge is 2.45. The highest BCUT2D eigenvalue weighted by molar-refractivity contribution is 7.69. The molecule has 0 saturated heterocycles. The number of ether oxygens (including phenoxy) is 2. The lowest BCUT2D eigenvalue weighted by molar-refractivity contribution is 0.288. The fourth-order valence-electron chi connectivity index (χ4n) is 4.92. The summed E-state index contributed by atoms with van der Waals surface area (Å²) in [6, 6.07) is 13.4. The monoisotopic (exact) mass is 442 g/mol. The van der Waals surface area contributed by atoms with E-state index in [0.717, 1.165) is 24.3 Å². The van der Waals surface area contributed by atoms with Crippen LogP contribution in [0.2, 0.25) is 0 Å². The Morgan fingerprint density at radius 2 is 1.03 bits per heavy atom. The normalized spacial score (nSPS) is 25.5. The quantitative estimate of drug-likeness (QED) is 0.461. The van der Waals surface area contributed by atoms with Crippen LogP contribution < -0.4 is 20.1 Å². The number of benzene rings is 2. The highest BCUT2D eigenvalue weighted by atomic mass is 31.1. The van der Waals surface area contributed by atoms with E-state index in [0.29, 0.717) is 11.7 Å². The Morgan fingerprint density at radius 3 is 1.33 bits per heavy atom. The Morgan fingerprint density at radius 1 is 0.667 bits per heavy atom. The second-order valence-electron chi connectivity index (χ2n) is 10.3. The molecule has 0 fully saturated rings. The van der Waals surface area contributed by atoms with Crippen molar-refractivity contribution in [2.75, 3.05) is 0 Å². The largest absolute Gasteiger partial charge is 0.485 e. The molecule has 0 bridgehead atoms. The third-order valence-electron chi connectivity index (χ3n) is 6.02. The zero-order valence-electron chi connectivity index (χ0n) is 19.7. The van der Waals surface area contributed by atoms with Crippen molar-refractivity contribution >= 4 is 26.5 Å². The van der Waals surface area contributed by atoms with E-state index in [4.69, 9.17) is 9.47 Å². The smallest absolute Gasteiger partial charge is 0.128 e. The summed E-state index contributed by atoms with van der Waals surface area (Å²) < 4.78 is 13.0. The van der Waals surface area contributed by atoms with Gasteiger partial charge in [-0.2, -0.15) is 0 Å². The molecule has 2 aliphatic rings. The van der Waals surface area contributed by atoms with Gasteiger partial charge in [-0.1, -0.05) is 79.7 Å². The van der Waals surface area contributed by atoms with Crippen molar-refractivity contribution in [1.82, 2.24) is 0 Å². The average Bonchev–Trinajstić information content (AvgIpc) is 3.24. The second-order valence-corrected chi connectivity index (χ2v) is 16.6. The van der Waals surface area contributed by atoms with Gasteiger partial charge >= 0.3 is 0 Å². The van der Waals surface area contributed by atoms with E-state index in [2.05, 4.69) is 91.8 Å². The van der Waals surface area contributed by atoms with Gasteiger partial charge < -0.3 is 9.47 Å². The Hall–Kier alpha value is -1.10. The molecular formula is C26H36O2P2. The van der Waals surface area contributed by atoms with Crippen molar-refractivity contribution in [3.8, 4) is 22.6 Å². The molecule has 4 heteroatoms. The van der Waals surface area contributed by atoms with Crippen molar-refractivity contribution in [3.05, 3.63) is 36.4 Å². The molecule has 0 aromatic heterocycles. The lowest BCUT2D eigenvalue weighted by Crippen LogP contribution is -2.26. The minimum atomic E-state index is -0.429. The van der Waals surface area contributed by atoms with Crippen LogP contribution in [0, 0.1) is 0 Å². The van der Waals surface area contributed by atoms with Crippen LogP contribution in [0.3, 0.4) is 0 Å². The topological polar surface area (TPSA) is 18.5 Å². The number of hydrogen-bond acceptors (Lipinski definition) is 2. The number of rotatable bonds is 3. The molecule has 2 nitrogen and oxygen atoms in total. The summed E-state index contributed by atoms with van der Waals surface area (Å²) in [5.74, 6) is 2.81. The molecule has 2 aromatic rings. The van der Waals surface area contributed by atoms with Crippen molar-refractivity contribution < 1.29 is 9.47 Å². The van der Waals surface area contributed by atoms with Crippen molar-refractivity contribution in [3.63, 3.8) is 0 Å². The summed E-state index contributed by atoms with van der Waals surface area (Å²) in [5, 5.41) is 3.33. The predicted molar refractivity (Wildman–Crippen MR) is 134 cm³/mol. The van der Waals surface area contributed by atoms with E-state index in [-0.39, 0.29) is 10.3 Å². The molecule has 0 aliphatic carbocycles. The second kappa shape index (κ2) is 7.79. The van der Waals surface area contributed by atoms with E-state index in [9.17, 15) is 0 Å². The van der Waals surface area contributed by atoms with Crippen LogP contribution in [-0.2, 0) is 0 Å². The summed E-state index contributed by atoms with van der Waals surface area (Å²) in [6.45, 7) is 18.8. The third-order valence-corrected chi connectivity index (χ3v) is 12.9. The molecule has 4 atom stereocenters. The predicted octanol–water partition coefficient (Wildman–Crippen LogP) is 7.42. The Balaban J connectivity index is 1.95. The van der Waals surface area contributed by atoms with E-state index >= 15 is 0 Å². The maximum absolute atomic E-state index is 6.52. The summed E-state index contributed by atoms with van der Waals surface area (Å²) in [4.78, 5) is 0. The van der Waals surface area contributed by atoms with Crippen LogP contribution in [0.5, 0.6) is 11.5 Å². The fraction of sp³-hybridized carbons (Fsp3) is 0.538. The number of fused-ring (bicyclic) bond motifs is 2. The summed E-state index contributed by atoms with van der Waals surface area (Å²) in [7, 11) is -0.859. The van der Waals surface area contributed by atoms with Gasteiger partial charge in [-0.05, 0) is 62.3 Å². The average molecular weight is 443 g/mol. The molecule has 2 aliphatic heterocycles. The van der Waals surface area contributed by atoms with Crippen LogP contribution in [0.25, 0.3) is 11.1 Å². The van der Waals surface area contributed by atoms with E-state index < -0.39 is 15.8 Å². The fourth-order valence-corrected chi connectivity index (χ4v) is 11.4. The van der Waals surface area contributed by atoms with Crippen LogP contribution in [0.4, 0.5) is 0 Å². The van der Waals surface area contributed by atoms with E-state index in [1.54, 1.807) is 0 Å². The molecule has 0 N–H and O–H groups in total. The molecule has 0 radical (unpaired) electrons.